The van der Waals surface area contributed by atoms with Gasteiger partial charge in [0.15, 0.2) is 18.5 Å². The predicted octanol–water partition coefficient (Wildman–Crippen LogP) is 0.891. The molecule has 206 valence electrons. The second kappa shape index (κ2) is 15.3. The van der Waals surface area contributed by atoms with Crippen molar-refractivity contribution >= 4 is 23.8 Å². The molecular weight excluding hydrogens is 490 g/mol. The van der Waals surface area contributed by atoms with Gasteiger partial charge in [-0.3, -0.25) is 19.2 Å². The first-order valence-electron chi connectivity index (χ1n) is 11.8. The highest BCUT2D eigenvalue weighted by atomic mass is 16.7. The molecule has 1 fully saturated rings. The lowest BCUT2D eigenvalue weighted by Gasteiger charge is -2.45. The molecule has 6 atom stereocenters. The lowest BCUT2D eigenvalue weighted by Crippen LogP contribution is -2.66. The van der Waals surface area contributed by atoms with Crippen molar-refractivity contribution in [3.8, 4) is 0 Å². The SMILES string of the molecule is COCC(CO[C@H]1O[C@H](COC(C)=O)[C@H](OC(C)=O)[C@H](OC(C)=O)C1NC(C)=O)OCc1ccccc1. The van der Waals surface area contributed by atoms with Crippen molar-refractivity contribution in [3.05, 3.63) is 35.9 Å². The van der Waals surface area contributed by atoms with Crippen LogP contribution in [0.1, 0.15) is 33.3 Å². The molecule has 1 N–H and O–H groups in total. The fraction of sp³-hybridized carbons (Fsp3) is 0.600. The summed E-state index contributed by atoms with van der Waals surface area (Å²) in [5.74, 6) is -2.43. The van der Waals surface area contributed by atoms with Gasteiger partial charge in [-0.15, -0.1) is 0 Å². The molecule has 1 amide bonds. The number of carbonyl (C=O) groups excluding carboxylic acids is 4. The number of nitrogens with one attached hydrogen (secondary N) is 1. The third-order valence-electron chi connectivity index (χ3n) is 5.20. The average molecular weight is 526 g/mol. The maximum atomic E-state index is 12.0. The van der Waals surface area contributed by atoms with Gasteiger partial charge in [0.25, 0.3) is 0 Å². The van der Waals surface area contributed by atoms with E-state index in [0.717, 1.165) is 5.56 Å². The third kappa shape index (κ3) is 10.4. The van der Waals surface area contributed by atoms with Crippen LogP contribution in [-0.2, 0) is 58.9 Å². The lowest BCUT2D eigenvalue weighted by atomic mass is 9.96. The number of methoxy groups -OCH3 is 1. The molecule has 1 aliphatic rings. The molecule has 0 bridgehead atoms. The van der Waals surface area contributed by atoms with Gasteiger partial charge in [0, 0.05) is 34.8 Å². The summed E-state index contributed by atoms with van der Waals surface area (Å²) in [5.41, 5.74) is 0.953. The molecule has 12 nitrogen and oxygen atoms in total. The summed E-state index contributed by atoms with van der Waals surface area (Å²) in [5, 5.41) is 2.65. The van der Waals surface area contributed by atoms with Gasteiger partial charge in [-0.1, -0.05) is 30.3 Å². The van der Waals surface area contributed by atoms with E-state index >= 15 is 0 Å². The lowest BCUT2D eigenvalue weighted by molar-refractivity contribution is -0.283. The standard InChI is InChI=1S/C25H35NO11/c1-15(27)26-22-24(36-18(4)30)23(35-17(3)29)21(14-32-16(2)28)37-25(22)34-13-20(12-31-5)33-11-19-9-7-6-8-10-19/h6-10,20-25H,11-14H2,1-5H3,(H,26,27)/t20?,21-,22?,23+,24-,25+/m1/s1. The molecule has 1 saturated heterocycles. The van der Waals surface area contributed by atoms with Crippen molar-refractivity contribution in [1.29, 1.82) is 0 Å². The Bertz CT molecular complexity index is 894. The first-order chi connectivity index (χ1) is 17.6. The molecule has 0 saturated carbocycles. The maximum absolute atomic E-state index is 12.0. The molecule has 2 rings (SSSR count). The molecular formula is C25H35NO11. The zero-order valence-corrected chi connectivity index (χ0v) is 21.7. The summed E-state index contributed by atoms with van der Waals surface area (Å²) >= 11 is 0. The number of hydrogen-bond acceptors (Lipinski definition) is 11. The topological polar surface area (TPSA) is 145 Å². The zero-order valence-electron chi connectivity index (χ0n) is 21.7. The van der Waals surface area contributed by atoms with Crippen LogP contribution in [0.25, 0.3) is 0 Å². The van der Waals surface area contributed by atoms with Crippen LogP contribution in [-0.4, -0.2) is 87.5 Å². The summed E-state index contributed by atoms with van der Waals surface area (Å²) in [6.45, 7) is 4.99. The van der Waals surface area contributed by atoms with Crippen LogP contribution < -0.4 is 5.32 Å². The summed E-state index contributed by atoms with van der Waals surface area (Å²) in [7, 11) is 1.52. The van der Waals surface area contributed by atoms with E-state index in [2.05, 4.69) is 5.32 Å². The van der Waals surface area contributed by atoms with Crippen LogP contribution >= 0.6 is 0 Å². The number of esters is 3. The molecule has 1 heterocycles. The van der Waals surface area contributed by atoms with E-state index in [1.165, 1.54) is 34.8 Å². The molecule has 1 aromatic carbocycles. The van der Waals surface area contributed by atoms with E-state index in [1.54, 1.807) is 0 Å². The van der Waals surface area contributed by atoms with Gasteiger partial charge in [-0.25, -0.2) is 0 Å². The number of carbonyl (C=O) groups is 4. The van der Waals surface area contributed by atoms with Crippen LogP contribution in [0.5, 0.6) is 0 Å². The van der Waals surface area contributed by atoms with E-state index in [-0.39, 0.29) is 19.8 Å². The van der Waals surface area contributed by atoms with Crippen molar-refractivity contribution in [1.82, 2.24) is 5.32 Å². The van der Waals surface area contributed by atoms with Crippen LogP contribution in [0, 0.1) is 0 Å². The Morgan fingerprint density at radius 3 is 2.14 bits per heavy atom. The second-order valence-corrected chi connectivity index (χ2v) is 8.43. The minimum atomic E-state index is -1.20. The summed E-state index contributed by atoms with van der Waals surface area (Å²) in [6.07, 6.45) is -5.15. The van der Waals surface area contributed by atoms with Gasteiger partial charge < -0.3 is 38.5 Å². The Hall–Kier alpha value is -3.06. The van der Waals surface area contributed by atoms with E-state index in [1.807, 2.05) is 30.3 Å². The summed E-state index contributed by atoms with van der Waals surface area (Å²) in [4.78, 5) is 47.3. The van der Waals surface area contributed by atoms with Gasteiger partial charge in [-0.05, 0) is 5.56 Å². The molecule has 37 heavy (non-hydrogen) atoms. The normalized spacial score (nSPS) is 24.0. The van der Waals surface area contributed by atoms with Crippen molar-refractivity contribution in [2.45, 2.75) is 71.0 Å². The molecule has 1 aliphatic heterocycles. The van der Waals surface area contributed by atoms with Crippen molar-refractivity contribution in [2.24, 2.45) is 0 Å². The number of ether oxygens (including phenoxy) is 7. The quantitative estimate of drug-likeness (QED) is 0.289. The van der Waals surface area contributed by atoms with Crippen LogP contribution in [0.3, 0.4) is 0 Å². The summed E-state index contributed by atoms with van der Waals surface area (Å²) in [6, 6.07) is 8.47. The van der Waals surface area contributed by atoms with Gasteiger partial charge in [0.1, 0.15) is 24.9 Å². The minimum Gasteiger partial charge on any atom is -0.463 e. The van der Waals surface area contributed by atoms with Crippen molar-refractivity contribution in [3.63, 3.8) is 0 Å². The Balaban J connectivity index is 2.26. The largest absolute Gasteiger partial charge is 0.463 e. The molecule has 0 aromatic heterocycles. The number of benzene rings is 1. The number of hydrogen-bond donors (Lipinski definition) is 1. The van der Waals surface area contributed by atoms with Crippen molar-refractivity contribution < 1.29 is 52.3 Å². The predicted molar refractivity (Wildman–Crippen MR) is 127 cm³/mol. The highest BCUT2D eigenvalue weighted by molar-refractivity contribution is 5.73. The van der Waals surface area contributed by atoms with Gasteiger partial charge in [-0.2, -0.15) is 0 Å². The molecule has 0 radical (unpaired) electrons. The fourth-order valence-corrected chi connectivity index (χ4v) is 3.75. The molecule has 0 aliphatic carbocycles. The van der Waals surface area contributed by atoms with Gasteiger partial charge in [0.2, 0.25) is 5.91 Å². The van der Waals surface area contributed by atoms with E-state index in [4.69, 9.17) is 33.2 Å². The van der Waals surface area contributed by atoms with E-state index in [0.29, 0.717) is 6.61 Å². The van der Waals surface area contributed by atoms with E-state index in [9.17, 15) is 19.2 Å². The third-order valence-corrected chi connectivity index (χ3v) is 5.20. The first-order valence-corrected chi connectivity index (χ1v) is 11.8. The smallest absolute Gasteiger partial charge is 0.303 e. The highest BCUT2D eigenvalue weighted by Crippen LogP contribution is 2.28. The Kier molecular flexibility index (Phi) is 12.4. The van der Waals surface area contributed by atoms with Crippen molar-refractivity contribution in [2.75, 3.05) is 26.9 Å². The van der Waals surface area contributed by atoms with Gasteiger partial charge >= 0.3 is 17.9 Å². The average Bonchev–Trinajstić information content (AvgIpc) is 2.82. The van der Waals surface area contributed by atoms with E-state index < -0.39 is 60.6 Å². The van der Waals surface area contributed by atoms with Crippen LogP contribution in [0.2, 0.25) is 0 Å². The Morgan fingerprint density at radius 2 is 1.57 bits per heavy atom. The second-order valence-electron chi connectivity index (χ2n) is 8.43. The maximum Gasteiger partial charge on any atom is 0.303 e. The monoisotopic (exact) mass is 525 g/mol. The van der Waals surface area contributed by atoms with Crippen LogP contribution in [0.4, 0.5) is 0 Å². The first kappa shape index (κ1) is 30.2. The summed E-state index contributed by atoms with van der Waals surface area (Å²) < 4.78 is 39.1. The molecule has 0 spiro atoms. The Morgan fingerprint density at radius 1 is 0.919 bits per heavy atom. The minimum absolute atomic E-state index is 0.0211. The highest BCUT2D eigenvalue weighted by Gasteiger charge is 2.51. The number of rotatable bonds is 13. The molecule has 1 aromatic rings. The Labute approximate surface area is 215 Å². The number of amides is 1. The van der Waals surface area contributed by atoms with Crippen LogP contribution in [0.15, 0.2) is 30.3 Å². The molecule has 12 heteroatoms. The fourth-order valence-electron chi connectivity index (χ4n) is 3.75. The van der Waals surface area contributed by atoms with Gasteiger partial charge in [0.05, 0.1) is 19.8 Å². The zero-order chi connectivity index (χ0) is 27.4. The molecule has 2 unspecified atom stereocenters.